The molecule has 2 N–H and O–H groups in total. The van der Waals surface area contributed by atoms with Gasteiger partial charge >= 0.3 is 5.97 Å². The maximum Gasteiger partial charge on any atom is 0.335 e. The predicted octanol–water partition coefficient (Wildman–Crippen LogP) is 2.98. The number of anilines is 1. The van der Waals surface area contributed by atoms with Crippen molar-refractivity contribution in [3.8, 4) is 0 Å². The van der Waals surface area contributed by atoms with Gasteiger partial charge in [-0.3, -0.25) is 4.79 Å². The van der Waals surface area contributed by atoms with Gasteiger partial charge in [-0.25, -0.2) is 13.2 Å². The van der Waals surface area contributed by atoms with E-state index in [0.29, 0.717) is 24.3 Å². The Kier molecular flexibility index (Phi) is 6.35. The molecule has 0 spiro atoms. The van der Waals surface area contributed by atoms with Gasteiger partial charge in [-0.2, -0.15) is 4.31 Å². The highest BCUT2D eigenvalue weighted by Gasteiger charge is 2.22. The van der Waals surface area contributed by atoms with Crippen LogP contribution in [0.5, 0.6) is 0 Å². The molecule has 8 heteroatoms. The molecule has 0 radical (unpaired) electrons. The van der Waals surface area contributed by atoms with Crippen molar-refractivity contribution in [1.29, 1.82) is 0 Å². The second-order valence-corrected chi connectivity index (χ2v) is 7.84. The first kappa shape index (κ1) is 20.6. The molecule has 7 nitrogen and oxygen atoms in total. The third kappa shape index (κ3) is 4.53. The lowest BCUT2D eigenvalue weighted by Crippen LogP contribution is -2.30. The number of carboxylic acids is 1. The number of carboxylic acid groups (broad SMARTS) is 1. The van der Waals surface area contributed by atoms with E-state index in [9.17, 15) is 18.0 Å². The Hall–Kier alpha value is -2.71. The number of amides is 1. The zero-order chi connectivity index (χ0) is 20.2. The van der Waals surface area contributed by atoms with Gasteiger partial charge in [0.15, 0.2) is 0 Å². The quantitative estimate of drug-likeness (QED) is 0.756. The van der Waals surface area contributed by atoms with Crippen LogP contribution in [0.4, 0.5) is 5.69 Å². The Balaban J connectivity index is 2.28. The second-order valence-electron chi connectivity index (χ2n) is 5.91. The van der Waals surface area contributed by atoms with Crippen LogP contribution >= 0.6 is 0 Å². The summed E-state index contributed by atoms with van der Waals surface area (Å²) in [4.78, 5) is 23.6. The molecule has 0 atom stereocenters. The van der Waals surface area contributed by atoms with E-state index >= 15 is 0 Å². The Morgan fingerprint density at radius 1 is 1.07 bits per heavy atom. The van der Waals surface area contributed by atoms with Crippen LogP contribution in [-0.4, -0.2) is 42.8 Å². The summed E-state index contributed by atoms with van der Waals surface area (Å²) in [5.41, 5.74) is 1.29. The largest absolute Gasteiger partial charge is 0.478 e. The first-order valence-electron chi connectivity index (χ1n) is 8.46. The van der Waals surface area contributed by atoms with Crippen molar-refractivity contribution in [3.05, 3.63) is 59.2 Å². The van der Waals surface area contributed by atoms with Crippen LogP contribution in [0, 0.1) is 6.92 Å². The SMILES string of the molecule is CCN(CC)S(=O)(=O)c1cccc(C(=O)Nc2ccc(C(=O)O)c(C)c2)c1. The zero-order valence-corrected chi connectivity index (χ0v) is 16.2. The average Bonchev–Trinajstić information content (AvgIpc) is 2.62. The third-order valence-corrected chi connectivity index (χ3v) is 6.20. The number of nitrogens with zero attached hydrogens (tertiary/aromatic N) is 1. The monoisotopic (exact) mass is 390 g/mol. The molecule has 0 aliphatic carbocycles. The summed E-state index contributed by atoms with van der Waals surface area (Å²) in [6, 6.07) is 10.3. The summed E-state index contributed by atoms with van der Waals surface area (Å²) in [5, 5.41) is 11.7. The van der Waals surface area contributed by atoms with E-state index in [0.717, 1.165) is 0 Å². The molecule has 0 heterocycles. The fourth-order valence-electron chi connectivity index (χ4n) is 2.70. The van der Waals surface area contributed by atoms with E-state index in [4.69, 9.17) is 5.11 Å². The molecule has 2 aromatic rings. The van der Waals surface area contributed by atoms with Crippen LogP contribution in [0.1, 0.15) is 40.1 Å². The lowest BCUT2D eigenvalue weighted by molar-refractivity contribution is 0.0696. The number of carbonyl (C=O) groups excluding carboxylic acids is 1. The van der Waals surface area contributed by atoms with E-state index in [2.05, 4.69) is 5.32 Å². The maximum atomic E-state index is 12.6. The Morgan fingerprint density at radius 3 is 2.30 bits per heavy atom. The fourth-order valence-corrected chi connectivity index (χ4v) is 4.20. The number of rotatable bonds is 7. The van der Waals surface area contributed by atoms with Crippen molar-refractivity contribution in [2.45, 2.75) is 25.7 Å². The van der Waals surface area contributed by atoms with E-state index < -0.39 is 21.9 Å². The molecule has 2 rings (SSSR count). The van der Waals surface area contributed by atoms with Crippen LogP contribution in [0.3, 0.4) is 0 Å². The van der Waals surface area contributed by atoms with Crippen LogP contribution in [0.15, 0.2) is 47.4 Å². The van der Waals surface area contributed by atoms with Crippen molar-refractivity contribution in [3.63, 3.8) is 0 Å². The average molecular weight is 390 g/mol. The number of nitrogens with one attached hydrogen (secondary N) is 1. The van der Waals surface area contributed by atoms with Crippen molar-refractivity contribution in [2.75, 3.05) is 18.4 Å². The number of sulfonamides is 1. The third-order valence-electron chi connectivity index (χ3n) is 4.15. The summed E-state index contributed by atoms with van der Waals surface area (Å²) in [7, 11) is -3.66. The van der Waals surface area contributed by atoms with Crippen LogP contribution in [0.2, 0.25) is 0 Å². The van der Waals surface area contributed by atoms with E-state index in [1.54, 1.807) is 26.8 Å². The van der Waals surface area contributed by atoms with E-state index in [-0.39, 0.29) is 16.0 Å². The minimum Gasteiger partial charge on any atom is -0.478 e. The normalized spacial score (nSPS) is 11.4. The Morgan fingerprint density at radius 2 is 1.74 bits per heavy atom. The summed E-state index contributed by atoms with van der Waals surface area (Å²) >= 11 is 0. The smallest absolute Gasteiger partial charge is 0.335 e. The lowest BCUT2D eigenvalue weighted by Gasteiger charge is -2.18. The van der Waals surface area contributed by atoms with Crippen molar-refractivity contribution in [1.82, 2.24) is 4.31 Å². The number of hydrogen-bond acceptors (Lipinski definition) is 4. The molecule has 0 unspecified atom stereocenters. The molecule has 0 aromatic heterocycles. The topological polar surface area (TPSA) is 104 Å². The molecule has 0 saturated carbocycles. The van der Waals surface area contributed by atoms with Gasteiger partial charge < -0.3 is 10.4 Å². The van der Waals surface area contributed by atoms with Crippen LogP contribution < -0.4 is 5.32 Å². The van der Waals surface area contributed by atoms with Gasteiger partial charge in [-0.15, -0.1) is 0 Å². The molecular weight excluding hydrogens is 368 g/mol. The summed E-state index contributed by atoms with van der Waals surface area (Å²) in [5.74, 6) is -1.52. The van der Waals surface area contributed by atoms with Crippen LogP contribution in [0.25, 0.3) is 0 Å². The molecule has 0 aliphatic rings. The molecule has 0 saturated heterocycles. The van der Waals surface area contributed by atoms with Gasteiger partial charge in [0.25, 0.3) is 5.91 Å². The van der Waals surface area contributed by atoms with E-state index in [1.807, 2.05) is 0 Å². The Bertz CT molecular complexity index is 966. The van der Waals surface area contributed by atoms with Gasteiger partial charge in [0.05, 0.1) is 10.5 Å². The number of aryl methyl sites for hydroxylation is 1. The minimum atomic E-state index is -3.66. The lowest BCUT2D eigenvalue weighted by atomic mass is 10.1. The fraction of sp³-hybridized carbons (Fsp3) is 0.263. The number of aromatic carboxylic acids is 1. The molecule has 144 valence electrons. The summed E-state index contributed by atoms with van der Waals surface area (Å²) < 4.78 is 26.5. The molecular formula is C19H22N2O5S. The summed E-state index contributed by atoms with van der Waals surface area (Å²) in [6.45, 7) is 5.81. The molecule has 2 aromatic carbocycles. The number of hydrogen-bond donors (Lipinski definition) is 2. The number of benzene rings is 2. The minimum absolute atomic E-state index is 0.0521. The van der Waals surface area contributed by atoms with Gasteiger partial charge in [-0.1, -0.05) is 19.9 Å². The highest BCUT2D eigenvalue weighted by atomic mass is 32.2. The van der Waals surface area contributed by atoms with Gasteiger partial charge in [0, 0.05) is 24.3 Å². The van der Waals surface area contributed by atoms with Crippen molar-refractivity contribution < 1.29 is 23.1 Å². The van der Waals surface area contributed by atoms with Gasteiger partial charge in [0.2, 0.25) is 10.0 Å². The molecule has 0 bridgehead atoms. The number of carbonyl (C=O) groups is 2. The van der Waals surface area contributed by atoms with Gasteiger partial charge in [-0.05, 0) is 48.9 Å². The standard InChI is InChI=1S/C19H22N2O5S/c1-4-21(5-2)27(25,26)16-8-6-7-14(12-16)18(22)20-15-9-10-17(19(23)24)13(3)11-15/h6-12H,4-5H2,1-3H3,(H,20,22)(H,23,24). The first-order chi connectivity index (χ1) is 12.7. The highest BCUT2D eigenvalue weighted by Crippen LogP contribution is 2.19. The molecule has 1 amide bonds. The Labute approximate surface area is 158 Å². The zero-order valence-electron chi connectivity index (χ0n) is 15.4. The molecule has 0 fully saturated rings. The van der Waals surface area contributed by atoms with Crippen molar-refractivity contribution >= 4 is 27.6 Å². The molecule has 27 heavy (non-hydrogen) atoms. The van der Waals surface area contributed by atoms with E-state index in [1.165, 1.54) is 40.7 Å². The predicted molar refractivity (Wildman–Crippen MR) is 103 cm³/mol. The summed E-state index contributed by atoms with van der Waals surface area (Å²) in [6.07, 6.45) is 0. The van der Waals surface area contributed by atoms with Crippen molar-refractivity contribution in [2.24, 2.45) is 0 Å². The molecule has 0 aliphatic heterocycles. The van der Waals surface area contributed by atoms with Crippen LogP contribution in [-0.2, 0) is 10.0 Å². The van der Waals surface area contributed by atoms with Gasteiger partial charge in [0.1, 0.15) is 0 Å². The maximum absolute atomic E-state index is 12.6. The first-order valence-corrected chi connectivity index (χ1v) is 9.90. The highest BCUT2D eigenvalue weighted by molar-refractivity contribution is 7.89. The second kappa shape index (κ2) is 8.32.